The van der Waals surface area contributed by atoms with E-state index in [2.05, 4.69) is 36.1 Å². The van der Waals surface area contributed by atoms with Crippen LogP contribution in [0.2, 0.25) is 0 Å². The van der Waals surface area contributed by atoms with Crippen LogP contribution < -0.4 is 0 Å². The van der Waals surface area contributed by atoms with Crippen LogP contribution in [0.1, 0.15) is 0 Å². The smallest absolute Gasteiger partial charge is 0.183 e. The van der Waals surface area contributed by atoms with E-state index in [0.717, 1.165) is 14.5 Å². The topological polar surface area (TPSA) is 51.6 Å². The lowest BCUT2D eigenvalue weighted by molar-refractivity contribution is 1.07. The van der Waals surface area contributed by atoms with Gasteiger partial charge in [-0.1, -0.05) is 11.3 Å². The quantitative estimate of drug-likeness (QED) is 0.765. The maximum absolute atomic E-state index is 3.93. The summed E-state index contributed by atoms with van der Waals surface area (Å²) in [6.07, 6.45) is 4.90. The lowest BCUT2D eigenvalue weighted by atomic mass is 10.4. The van der Waals surface area contributed by atoms with Gasteiger partial charge in [-0.05, 0) is 15.9 Å². The van der Waals surface area contributed by atoms with Crippen molar-refractivity contribution < 1.29 is 0 Å². The van der Waals surface area contributed by atoms with Crippen molar-refractivity contribution >= 4 is 27.3 Å². The summed E-state index contributed by atoms with van der Waals surface area (Å²) in [5, 5.41) is 8.57. The number of hydrogen-bond acceptors (Lipinski definition) is 5. The highest BCUT2D eigenvalue weighted by Crippen LogP contribution is 2.24. The highest BCUT2D eigenvalue weighted by molar-refractivity contribution is 9.11. The van der Waals surface area contributed by atoms with Crippen LogP contribution in [-0.4, -0.2) is 20.2 Å². The molecule has 6 heteroatoms. The van der Waals surface area contributed by atoms with Crippen LogP contribution in [0.3, 0.4) is 0 Å². The van der Waals surface area contributed by atoms with E-state index in [-0.39, 0.29) is 0 Å². The largest absolute Gasteiger partial charge is 0.244 e. The second-order valence-corrected chi connectivity index (χ2v) is 4.24. The Labute approximate surface area is 80.8 Å². The summed E-state index contributed by atoms with van der Waals surface area (Å²) in [4.78, 5) is 7.77. The molecule has 2 aromatic rings. The lowest BCUT2D eigenvalue weighted by Crippen LogP contribution is -1.80. The standard InChI is InChI=1S/C6H3BrN4S/c7-6-11-10-5(12-6)4-1-8-3-9-2-4/h1-3H. The minimum absolute atomic E-state index is 0.765. The number of hydrogen-bond donors (Lipinski definition) is 0. The molecule has 0 radical (unpaired) electrons. The van der Waals surface area contributed by atoms with E-state index in [1.54, 1.807) is 12.4 Å². The Balaban J connectivity index is 2.45. The molecule has 0 unspecified atom stereocenters. The van der Waals surface area contributed by atoms with Gasteiger partial charge in [-0.3, -0.25) is 0 Å². The summed E-state index contributed by atoms with van der Waals surface area (Å²) in [6.45, 7) is 0. The predicted molar refractivity (Wildman–Crippen MR) is 48.6 cm³/mol. The first-order valence-corrected chi connectivity index (χ1v) is 4.71. The average Bonchev–Trinajstić information content (AvgIpc) is 2.54. The Hall–Kier alpha value is -0.880. The van der Waals surface area contributed by atoms with Gasteiger partial charge in [-0.25, -0.2) is 9.97 Å². The van der Waals surface area contributed by atoms with Crippen LogP contribution in [0.4, 0.5) is 0 Å². The Bertz CT molecular complexity index is 374. The number of halogens is 1. The number of aromatic nitrogens is 4. The van der Waals surface area contributed by atoms with Gasteiger partial charge in [0.25, 0.3) is 0 Å². The SMILES string of the molecule is Brc1nnc(-c2cncnc2)s1. The van der Waals surface area contributed by atoms with Gasteiger partial charge in [0.1, 0.15) is 6.33 Å². The minimum Gasteiger partial charge on any atom is -0.244 e. The zero-order valence-electron chi connectivity index (χ0n) is 5.81. The zero-order valence-corrected chi connectivity index (χ0v) is 8.21. The molecule has 0 atom stereocenters. The third-order valence-electron chi connectivity index (χ3n) is 1.21. The molecule has 0 amide bonds. The molecule has 2 heterocycles. The summed E-state index contributed by atoms with van der Waals surface area (Å²) in [5.74, 6) is 0. The zero-order chi connectivity index (χ0) is 8.39. The van der Waals surface area contributed by atoms with Gasteiger partial charge in [0, 0.05) is 18.0 Å². The van der Waals surface area contributed by atoms with Crippen molar-refractivity contribution in [2.45, 2.75) is 0 Å². The summed E-state index contributed by atoms with van der Waals surface area (Å²) < 4.78 is 0.765. The van der Waals surface area contributed by atoms with Gasteiger partial charge < -0.3 is 0 Å². The molecule has 4 nitrogen and oxygen atoms in total. The molecule has 0 aliphatic rings. The maximum atomic E-state index is 3.93. The van der Waals surface area contributed by atoms with Crippen molar-refractivity contribution in [1.29, 1.82) is 0 Å². The van der Waals surface area contributed by atoms with Crippen molar-refractivity contribution in [3.63, 3.8) is 0 Å². The fourth-order valence-electron chi connectivity index (χ4n) is 0.732. The molecule has 0 spiro atoms. The molecule has 0 saturated heterocycles. The summed E-state index contributed by atoms with van der Waals surface area (Å²) in [7, 11) is 0. The van der Waals surface area contributed by atoms with E-state index < -0.39 is 0 Å². The predicted octanol–water partition coefficient (Wildman–Crippen LogP) is 1.76. The Morgan fingerprint density at radius 2 is 1.92 bits per heavy atom. The number of rotatable bonds is 1. The lowest BCUT2D eigenvalue weighted by Gasteiger charge is -1.89. The van der Waals surface area contributed by atoms with E-state index >= 15 is 0 Å². The molecule has 0 aliphatic carbocycles. The third-order valence-corrected chi connectivity index (χ3v) is 2.61. The second kappa shape index (κ2) is 3.24. The molecule has 0 aliphatic heterocycles. The molecular formula is C6H3BrN4S. The molecule has 0 aromatic carbocycles. The normalized spacial score (nSPS) is 10.1. The maximum Gasteiger partial charge on any atom is 0.183 e. The second-order valence-electron chi connectivity index (χ2n) is 1.99. The van der Waals surface area contributed by atoms with E-state index in [9.17, 15) is 0 Å². The van der Waals surface area contributed by atoms with Gasteiger partial charge >= 0.3 is 0 Å². The molecule has 2 rings (SSSR count). The molecule has 0 fully saturated rings. The van der Waals surface area contributed by atoms with Crippen LogP contribution in [-0.2, 0) is 0 Å². The number of nitrogens with zero attached hydrogens (tertiary/aromatic N) is 4. The summed E-state index contributed by atoms with van der Waals surface area (Å²) >= 11 is 4.69. The molecule has 2 aromatic heterocycles. The molecule has 0 N–H and O–H groups in total. The Morgan fingerprint density at radius 1 is 1.17 bits per heavy atom. The first-order chi connectivity index (χ1) is 5.86. The fourth-order valence-corrected chi connectivity index (χ4v) is 1.82. The van der Waals surface area contributed by atoms with Crippen LogP contribution in [0, 0.1) is 0 Å². The van der Waals surface area contributed by atoms with E-state index in [0.29, 0.717) is 0 Å². The van der Waals surface area contributed by atoms with E-state index in [1.807, 2.05) is 0 Å². The fraction of sp³-hybridized carbons (Fsp3) is 0. The molecule has 60 valence electrons. The molecule has 0 bridgehead atoms. The summed E-state index contributed by atoms with van der Waals surface area (Å²) in [5.41, 5.74) is 0.890. The molecule has 12 heavy (non-hydrogen) atoms. The molecule has 0 saturated carbocycles. The third kappa shape index (κ3) is 1.49. The Kier molecular flexibility index (Phi) is 2.09. The van der Waals surface area contributed by atoms with Gasteiger partial charge in [0.05, 0.1) is 0 Å². The van der Waals surface area contributed by atoms with Crippen LogP contribution in [0.5, 0.6) is 0 Å². The minimum atomic E-state index is 0.765. The average molecular weight is 243 g/mol. The van der Waals surface area contributed by atoms with Crippen LogP contribution >= 0.6 is 27.3 Å². The first kappa shape index (κ1) is 7.75. The first-order valence-electron chi connectivity index (χ1n) is 3.10. The molecular weight excluding hydrogens is 240 g/mol. The van der Waals surface area contributed by atoms with Crippen LogP contribution in [0.25, 0.3) is 10.6 Å². The van der Waals surface area contributed by atoms with Gasteiger partial charge in [-0.2, -0.15) is 0 Å². The van der Waals surface area contributed by atoms with Crippen molar-refractivity contribution in [1.82, 2.24) is 20.2 Å². The van der Waals surface area contributed by atoms with Gasteiger partial charge in [0.2, 0.25) is 0 Å². The van der Waals surface area contributed by atoms with Crippen molar-refractivity contribution in [3.05, 3.63) is 22.6 Å². The van der Waals surface area contributed by atoms with Crippen molar-refractivity contribution in [2.24, 2.45) is 0 Å². The van der Waals surface area contributed by atoms with E-state index in [4.69, 9.17) is 0 Å². The monoisotopic (exact) mass is 242 g/mol. The van der Waals surface area contributed by atoms with Crippen molar-refractivity contribution in [2.75, 3.05) is 0 Å². The highest BCUT2D eigenvalue weighted by Gasteiger charge is 2.03. The highest BCUT2D eigenvalue weighted by atomic mass is 79.9. The van der Waals surface area contributed by atoms with Crippen molar-refractivity contribution in [3.8, 4) is 10.6 Å². The van der Waals surface area contributed by atoms with E-state index in [1.165, 1.54) is 17.7 Å². The van der Waals surface area contributed by atoms with Gasteiger partial charge in [-0.15, -0.1) is 10.2 Å². The van der Waals surface area contributed by atoms with Gasteiger partial charge in [0.15, 0.2) is 8.92 Å². The Morgan fingerprint density at radius 3 is 2.50 bits per heavy atom. The summed E-state index contributed by atoms with van der Waals surface area (Å²) in [6, 6.07) is 0. The van der Waals surface area contributed by atoms with Crippen LogP contribution in [0.15, 0.2) is 22.6 Å².